The Bertz CT molecular complexity index is 870. The van der Waals surface area contributed by atoms with Crippen LogP contribution in [-0.2, 0) is 22.4 Å². The fraction of sp³-hybridized carbons (Fsp3) is 0.423. The van der Waals surface area contributed by atoms with Gasteiger partial charge in [-0.05, 0) is 56.1 Å². The lowest BCUT2D eigenvalue weighted by molar-refractivity contribution is -0.135. The normalized spacial score (nSPS) is 12.0. The molecule has 34 heavy (non-hydrogen) atoms. The summed E-state index contributed by atoms with van der Waals surface area (Å²) in [4.78, 5) is 29.6. The number of primary amides is 1. The van der Waals surface area contributed by atoms with Gasteiger partial charge in [-0.25, -0.2) is 0 Å². The molecule has 0 saturated carbocycles. The quantitative estimate of drug-likeness (QED) is 0.153. The van der Waals surface area contributed by atoms with Crippen molar-refractivity contribution in [3.05, 3.63) is 71.8 Å². The van der Waals surface area contributed by atoms with Crippen molar-refractivity contribution in [3.63, 3.8) is 0 Å². The zero-order valence-electron chi connectivity index (χ0n) is 19.8. The number of aliphatic imine (C=N–C) groups is 1. The van der Waals surface area contributed by atoms with Crippen molar-refractivity contribution in [2.75, 3.05) is 13.1 Å². The Morgan fingerprint density at radius 3 is 1.82 bits per heavy atom. The van der Waals surface area contributed by atoms with E-state index in [4.69, 9.17) is 22.9 Å². The Balaban J connectivity index is 2.12. The highest BCUT2D eigenvalue weighted by Crippen LogP contribution is 2.30. The van der Waals surface area contributed by atoms with Crippen molar-refractivity contribution < 1.29 is 9.59 Å². The van der Waals surface area contributed by atoms with Crippen molar-refractivity contribution in [1.29, 1.82) is 0 Å². The second-order valence-electron chi connectivity index (χ2n) is 8.69. The Hall–Kier alpha value is -3.39. The molecule has 0 aliphatic carbocycles. The molecule has 184 valence electrons. The van der Waals surface area contributed by atoms with E-state index in [-0.39, 0.29) is 18.4 Å². The Morgan fingerprint density at radius 2 is 1.38 bits per heavy atom. The number of carbonyl (C=O) groups excluding carboxylic acids is 2. The maximum absolute atomic E-state index is 13.6. The van der Waals surface area contributed by atoms with Crippen molar-refractivity contribution in [1.82, 2.24) is 5.32 Å². The van der Waals surface area contributed by atoms with Crippen LogP contribution in [0.1, 0.15) is 43.2 Å². The first-order chi connectivity index (χ1) is 16.4. The van der Waals surface area contributed by atoms with E-state index in [1.54, 1.807) is 0 Å². The fourth-order valence-corrected chi connectivity index (χ4v) is 3.97. The predicted molar refractivity (Wildman–Crippen MR) is 137 cm³/mol. The molecular formula is C26H38N6O2. The van der Waals surface area contributed by atoms with Gasteiger partial charge in [0, 0.05) is 13.1 Å². The average molecular weight is 467 g/mol. The van der Waals surface area contributed by atoms with Gasteiger partial charge in [-0.2, -0.15) is 0 Å². The van der Waals surface area contributed by atoms with Gasteiger partial charge in [0.05, 0.1) is 5.41 Å². The largest absolute Gasteiger partial charge is 0.370 e. The maximum Gasteiger partial charge on any atom is 0.239 e. The third-order valence-electron chi connectivity index (χ3n) is 6.19. The molecule has 0 heterocycles. The summed E-state index contributed by atoms with van der Waals surface area (Å²) >= 11 is 0. The lowest BCUT2D eigenvalue weighted by Crippen LogP contribution is -2.53. The number of benzene rings is 2. The number of guanidine groups is 1. The van der Waals surface area contributed by atoms with Gasteiger partial charge in [0.1, 0.15) is 6.04 Å². The molecule has 0 aliphatic rings. The van der Waals surface area contributed by atoms with Crippen LogP contribution in [0.15, 0.2) is 65.7 Å². The number of aryl methyl sites for hydroxylation is 2. The molecule has 0 aliphatic heterocycles. The summed E-state index contributed by atoms with van der Waals surface area (Å²) < 4.78 is 0. The molecule has 0 unspecified atom stereocenters. The summed E-state index contributed by atoms with van der Waals surface area (Å²) in [6.45, 7) is 0.636. The Kier molecular flexibility index (Phi) is 11.1. The van der Waals surface area contributed by atoms with Crippen LogP contribution in [0, 0.1) is 5.41 Å². The van der Waals surface area contributed by atoms with E-state index >= 15 is 0 Å². The molecule has 8 nitrogen and oxygen atoms in total. The Labute approximate surface area is 202 Å². The minimum Gasteiger partial charge on any atom is -0.370 e. The average Bonchev–Trinajstić information content (AvgIpc) is 2.84. The van der Waals surface area contributed by atoms with Crippen molar-refractivity contribution in [3.8, 4) is 0 Å². The molecule has 0 fully saturated rings. The van der Waals surface area contributed by atoms with Gasteiger partial charge >= 0.3 is 0 Å². The molecule has 0 radical (unpaired) electrons. The number of hydrogen-bond donors (Lipinski definition) is 5. The summed E-state index contributed by atoms with van der Waals surface area (Å²) in [6, 6.07) is 19.2. The smallest absolute Gasteiger partial charge is 0.239 e. The van der Waals surface area contributed by atoms with Gasteiger partial charge in [0.25, 0.3) is 0 Å². The van der Waals surface area contributed by atoms with E-state index in [1.165, 1.54) is 0 Å². The lowest BCUT2D eigenvalue weighted by Gasteiger charge is -2.33. The number of amides is 2. The number of nitrogens with zero attached hydrogens (tertiary/aromatic N) is 1. The summed E-state index contributed by atoms with van der Waals surface area (Å²) in [7, 11) is 0. The van der Waals surface area contributed by atoms with Crippen LogP contribution < -0.4 is 28.3 Å². The number of carbonyl (C=O) groups is 2. The van der Waals surface area contributed by atoms with Crippen LogP contribution in [0.4, 0.5) is 0 Å². The molecule has 2 aromatic rings. The Morgan fingerprint density at radius 1 is 0.853 bits per heavy atom. The zero-order chi connectivity index (χ0) is 24.8. The second-order valence-corrected chi connectivity index (χ2v) is 8.69. The molecule has 0 bridgehead atoms. The number of unbranched alkanes of at least 4 members (excludes halogenated alkanes) is 1. The van der Waals surface area contributed by atoms with E-state index in [0.717, 1.165) is 11.1 Å². The highest BCUT2D eigenvalue weighted by atomic mass is 16.2. The maximum atomic E-state index is 13.6. The summed E-state index contributed by atoms with van der Waals surface area (Å²) in [5.74, 6) is -0.758. The van der Waals surface area contributed by atoms with Gasteiger partial charge in [-0.3, -0.25) is 14.6 Å². The minimum atomic E-state index is -0.822. The van der Waals surface area contributed by atoms with Gasteiger partial charge in [0.2, 0.25) is 11.8 Å². The van der Waals surface area contributed by atoms with E-state index in [2.05, 4.69) is 10.3 Å². The summed E-state index contributed by atoms with van der Waals surface area (Å²) in [6.07, 6.45) is 4.30. The van der Waals surface area contributed by atoms with Crippen molar-refractivity contribution in [2.45, 2.75) is 51.0 Å². The third kappa shape index (κ3) is 8.86. The van der Waals surface area contributed by atoms with E-state index < -0.39 is 17.4 Å². The van der Waals surface area contributed by atoms with Crippen LogP contribution in [-0.4, -0.2) is 36.9 Å². The molecular weight excluding hydrogens is 428 g/mol. The number of nitrogens with two attached hydrogens (primary N) is 4. The highest BCUT2D eigenvalue weighted by molar-refractivity contribution is 5.89. The van der Waals surface area contributed by atoms with Crippen LogP contribution in [0.25, 0.3) is 0 Å². The molecule has 2 rings (SSSR count). The van der Waals surface area contributed by atoms with Crippen LogP contribution in [0.2, 0.25) is 0 Å². The number of hydrogen-bond acceptors (Lipinski definition) is 4. The number of rotatable bonds is 15. The molecule has 0 aromatic heterocycles. The van der Waals surface area contributed by atoms with Gasteiger partial charge in [-0.15, -0.1) is 0 Å². The van der Waals surface area contributed by atoms with Crippen LogP contribution in [0.5, 0.6) is 0 Å². The monoisotopic (exact) mass is 466 g/mol. The third-order valence-corrected chi connectivity index (χ3v) is 6.19. The highest BCUT2D eigenvalue weighted by Gasteiger charge is 2.38. The van der Waals surface area contributed by atoms with E-state index in [9.17, 15) is 9.59 Å². The molecule has 2 amide bonds. The van der Waals surface area contributed by atoms with E-state index in [0.29, 0.717) is 51.5 Å². The SMILES string of the molecule is NCC(CCc1ccccc1)(CCc1ccccc1)C(=O)N[C@@H](CCCCN=C(N)N)C(N)=O. The fourth-order valence-electron chi connectivity index (χ4n) is 3.97. The molecule has 8 heteroatoms. The molecule has 0 saturated heterocycles. The zero-order valence-corrected chi connectivity index (χ0v) is 19.8. The molecule has 9 N–H and O–H groups in total. The first kappa shape index (κ1) is 26.9. The first-order valence-electron chi connectivity index (χ1n) is 11.8. The second kappa shape index (κ2) is 14.0. The lowest BCUT2D eigenvalue weighted by atomic mass is 9.76. The molecule has 1 atom stereocenters. The van der Waals surface area contributed by atoms with Gasteiger partial charge < -0.3 is 28.3 Å². The topological polar surface area (TPSA) is 163 Å². The molecule has 2 aromatic carbocycles. The summed E-state index contributed by atoms with van der Waals surface area (Å²) in [5, 5.41) is 2.90. The number of nitrogens with one attached hydrogen (secondary N) is 1. The van der Waals surface area contributed by atoms with Crippen LogP contribution >= 0.6 is 0 Å². The van der Waals surface area contributed by atoms with E-state index in [1.807, 2.05) is 60.7 Å². The standard InChI is InChI=1S/C26H38N6O2/c27-19-26(16-14-20-9-3-1-4-10-20,17-15-21-11-5-2-6-12-21)24(34)32-22(23(28)33)13-7-8-18-31-25(29)30/h1-6,9-12,22H,7-8,13-19,27H2,(H2,28,33)(H,32,34)(H4,29,30,31)/t22-/m0/s1. The van der Waals surface area contributed by atoms with Crippen molar-refractivity contribution >= 4 is 17.8 Å². The summed E-state index contributed by atoms with van der Waals surface area (Å²) in [5.41, 5.74) is 24.0. The van der Waals surface area contributed by atoms with Gasteiger partial charge in [0.15, 0.2) is 5.96 Å². The van der Waals surface area contributed by atoms with Crippen LogP contribution in [0.3, 0.4) is 0 Å². The van der Waals surface area contributed by atoms with Crippen molar-refractivity contribution in [2.24, 2.45) is 33.3 Å². The first-order valence-corrected chi connectivity index (χ1v) is 11.8. The molecule has 0 spiro atoms. The predicted octanol–water partition coefficient (Wildman–Crippen LogP) is 1.61. The van der Waals surface area contributed by atoms with Gasteiger partial charge in [-0.1, -0.05) is 60.7 Å². The minimum absolute atomic E-state index is 0.0318.